The van der Waals surface area contributed by atoms with Gasteiger partial charge in [0, 0.05) is 5.39 Å². The van der Waals surface area contributed by atoms with Crippen LogP contribution in [0.3, 0.4) is 0 Å². The summed E-state index contributed by atoms with van der Waals surface area (Å²) in [6.45, 7) is 6.67. The Hall–Kier alpha value is -4.63. The molecule has 1 N–H and O–H groups in total. The molecule has 214 valence electrons. The molecule has 1 unspecified atom stereocenters. The summed E-state index contributed by atoms with van der Waals surface area (Å²) in [7, 11) is 1.52. The molecule has 0 spiro atoms. The number of benzene rings is 3. The van der Waals surface area contributed by atoms with Gasteiger partial charge in [-0.2, -0.15) is 0 Å². The number of thiazole rings is 1. The van der Waals surface area contributed by atoms with E-state index in [-0.39, 0.29) is 11.3 Å². The third-order valence-corrected chi connectivity index (χ3v) is 8.39. The number of nitrogens with zero attached hydrogens (tertiary/aromatic N) is 2. The number of aromatic nitrogens is 1. The molecule has 0 fully saturated rings. The van der Waals surface area contributed by atoms with Crippen molar-refractivity contribution in [3.63, 3.8) is 0 Å². The van der Waals surface area contributed by atoms with Crippen molar-refractivity contribution in [2.45, 2.75) is 39.7 Å². The number of fused-ring (bicyclic) bond motifs is 2. The number of amides is 1. The molecule has 0 radical (unpaired) electrons. The fraction of sp³-hybridized carbons (Fsp3) is 0.242. The Morgan fingerprint density at radius 2 is 1.90 bits per heavy atom. The molecule has 8 nitrogen and oxygen atoms in total. The van der Waals surface area contributed by atoms with Gasteiger partial charge < -0.3 is 19.0 Å². The number of Topliss-reactive ketones (excluding diaryl/α,β-unsaturated/α-hetero) is 1. The molecule has 6 rings (SSSR count). The summed E-state index contributed by atoms with van der Waals surface area (Å²) in [6.07, 6.45) is 1.95. The van der Waals surface area contributed by atoms with Crippen molar-refractivity contribution < 1.29 is 28.6 Å². The van der Waals surface area contributed by atoms with Gasteiger partial charge in [-0.1, -0.05) is 55.0 Å². The zero-order valence-corrected chi connectivity index (χ0v) is 24.6. The Morgan fingerprint density at radius 3 is 2.64 bits per heavy atom. The molecule has 0 aliphatic carbocycles. The zero-order chi connectivity index (χ0) is 29.5. The number of rotatable bonds is 9. The fourth-order valence-corrected chi connectivity index (χ4v) is 6.50. The van der Waals surface area contributed by atoms with Crippen LogP contribution in [-0.4, -0.2) is 35.5 Å². The van der Waals surface area contributed by atoms with Crippen molar-refractivity contribution in [1.82, 2.24) is 4.98 Å². The normalized spacial score (nSPS) is 15.3. The lowest BCUT2D eigenvalue weighted by molar-refractivity contribution is -0.117. The third kappa shape index (κ3) is 4.69. The lowest BCUT2D eigenvalue weighted by Gasteiger charge is -2.24. The maximum atomic E-state index is 14.1. The number of aliphatic hydroxyl groups excluding tert-OH is 1. The number of ether oxygens (including phenoxy) is 2. The van der Waals surface area contributed by atoms with Crippen molar-refractivity contribution in [3.8, 4) is 11.5 Å². The van der Waals surface area contributed by atoms with Crippen LogP contribution >= 0.6 is 11.3 Å². The van der Waals surface area contributed by atoms with Gasteiger partial charge in [0.2, 0.25) is 5.78 Å². The fourth-order valence-electron chi connectivity index (χ4n) is 5.33. The number of anilines is 1. The maximum Gasteiger partial charge on any atom is 0.296 e. The number of unbranched alkanes of at least 4 members (excludes halogenated alkanes) is 1. The molecule has 3 aromatic carbocycles. The first kappa shape index (κ1) is 27.5. The second kappa shape index (κ2) is 11.0. The predicted octanol–water partition coefficient (Wildman–Crippen LogP) is 7.63. The van der Waals surface area contributed by atoms with Gasteiger partial charge in [0.15, 0.2) is 28.0 Å². The summed E-state index contributed by atoms with van der Waals surface area (Å²) in [6, 6.07) is 17.3. The summed E-state index contributed by atoms with van der Waals surface area (Å²) in [4.78, 5) is 34.0. The number of hydrogen-bond donors (Lipinski definition) is 1. The summed E-state index contributed by atoms with van der Waals surface area (Å²) in [5.74, 6) is -0.778. The van der Waals surface area contributed by atoms with Gasteiger partial charge >= 0.3 is 0 Å². The first-order valence-corrected chi connectivity index (χ1v) is 14.6. The van der Waals surface area contributed by atoms with E-state index in [4.69, 9.17) is 18.9 Å². The topological polar surface area (TPSA) is 102 Å². The molecule has 5 aromatic rings. The minimum Gasteiger partial charge on any atom is -0.503 e. The Morgan fingerprint density at radius 1 is 1.12 bits per heavy atom. The number of aliphatic hydroxyl groups is 1. The number of carbonyl (C=O) groups is 2. The molecule has 9 heteroatoms. The molecule has 3 heterocycles. The monoisotopic (exact) mass is 582 g/mol. The molecular formula is C33H30N2O6S. The van der Waals surface area contributed by atoms with Crippen LogP contribution in [0.4, 0.5) is 5.13 Å². The highest BCUT2D eigenvalue weighted by Gasteiger charge is 2.46. The number of aryl methyl sites for hydroxylation is 2. The highest BCUT2D eigenvalue weighted by molar-refractivity contribution is 7.22. The van der Waals surface area contributed by atoms with Gasteiger partial charge in [0.05, 0.1) is 35.5 Å². The highest BCUT2D eigenvalue weighted by atomic mass is 32.1. The van der Waals surface area contributed by atoms with Crippen molar-refractivity contribution in [1.29, 1.82) is 0 Å². The van der Waals surface area contributed by atoms with E-state index in [9.17, 15) is 14.7 Å². The second-order valence-electron chi connectivity index (χ2n) is 10.4. The van der Waals surface area contributed by atoms with Crippen molar-refractivity contribution >= 4 is 49.3 Å². The summed E-state index contributed by atoms with van der Waals surface area (Å²) in [5, 5.41) is 12.3. The van der Waals surface area contributed by atoms with E-state index < -0.39 is 23.5 Å². The van der Waals surface area contributed by atoms with Gasteiger partial charge in [-0.3, -0.25) is 14.5 Å². The lowest BCUT2D eigenvalue weighted by Crippen LogP contribution is -2.30. The Bertz CT molecular complexity index is 1870. The van der Waals surface area contributed by atoms with Crippen LogP contribution in [0.2, 0.25) is 0 Å². The number of para-hydroxylation sites is 1. The molecular weight excluding hydrogens is 552 g/mol. The van der Waals surface area contributed by atoms with Crippen LogP contribution < -0.4 is 14.4 Å². The molecule has 0 saturated heterocycles. The summed E-state index contributed by atoms with van der Waals surface area (Å²) >= 11 is 1.34. The van der Waals surface area contributed by atoms with Gasteiger partial charge in [-0.25, -0.2) is 4.98 Å². The van der Waals surface area contributed by atoms with Crippen LogP contribution in [0, 0.1) is 13.8 Å². The van der Waals surface area contributed by atoms with Crippen molar-refractivity contribution in [3.05, 3.63) is 94.4 Å². The Balaban J connectivity index is 1.46. The SMILES string of the molecule is CCCCOc1ccc(C2C(C(=O)c3cc4cccc(OC)c4o3)=C(O)C(=O)N2c2nc3c(C)cc(C)cc3s2)cc1. The van der Waals surface area contributed by atoms with Crippen LogP contribution in [0.25, 0.3) is 21.2 Å². The molecule has 1 amide bonds. The van der Waals surface area contributed by atoms with Crippen molar-refractivity contribution in [2.75, 3.05) is 18.6 Å². The molecule has 0 saturated carbocycles. The minimum atomic E-state index is -0.938. The number of carbonyl (C=O) groups excluding carboxylic acids is 2. The maximum absolute atomic E-state index is 14.1. The van der Waals surface area contributed by atoms with E-state index in [1.165, 1.54) is 23.3 Å². The zero-order valence-electron chi connectivity index (χ0n) is 23.8. The average molecular weight is 583 g/mol. The summed E-state index contributed by atoms with van der Waals surface area (Å²) < 4.78 is 18.1. The van der Waals surface area contributed by atoms with E-state index in [0.717, 1.165) is 34.2 Å². The smallest absolute Gasteiger partial charge is 0.296 e. The lowest BCUT2D eigenvalue weighted by atomic mass is 9.95. The Kier molecular flexibility index (Phi) is 7.20. The quantitative estimate of drug-likeness (QED) is 0.141. The molecule has 2 aromatic heterocycles. The van der Waals surface area contributed by atoms with E-state index >= 15 is 0 Å². The number of furan rings is 1. The second-order valence-corrected chi connectivity index (χ2v) is 11.4. The van der Waals surface area contributed by atoms with E-state index in [1.54, 1.807) is 24.3 Å². The van der Waals surface area contributed by atoms with Crippen molar-refractivity contribution in [2.24, 2.45) is 0 Å². The largest absolute Gasteiger partial charge is 0.503 e. The third-order valence-electron chi connectivity index (χ3n) is 7.39. The van der Waals surface area contributed by atoms with Crippen LogP contribution in [-0.2, 0) is 4.79 Å². The molecule has 1 aliphatic heterocycles. The van der Waals surface area contributed by atoms with Crippen LogP contribution in [0.5, 0.6) is 11.5 Å². The molecule has 1 atom stereocenters. The predicted molar refractivity (Wildman–Crippen MR) is 163 cm³/mol. The standard InChI is InChI=1S/C33H30N2O6S/c1-5-6-14-40-22-12-10-20(11-13-22)28-26(29(36)24-17-21-8-7-9-23(39-4)31(21)41-24)30(37)32(38)35(28)33-34-27-19(3)15-18(2)16-25(27)42-33/h7-13,15-17,28,37H,5-6,14H2,1-4H3. The highest BCUT2D eigenvalue weighted by Crippen LogP contribution is 2.45. The van der Waals surface area contributed by atoms with Gasteiger partial charge in [0.1, 0.15) is 5.75 Å². The number of ketones is 1. The van der Waals surface area contributed by atoms with Gasteiger partial charge in [-0.05, 0) is 67.3 Å². The first-order valence-electron chi connectivity index (χ1n) is 13.8. The number of hydrogen-bond acceptors (Lipinski definition) is 8. The Labute approximate surface area is 246 Å². The minimum absolute atomic E-state index is 0.00834. The number of methoxy groups -OCH3 is 1. The molecule has 42 heavy (non-hydrogen) atoms. The average Bonchev–Trinajstić information content (AvgIpc) is 3.67. The van der Waals surface area contributed by atoms with Crippen LogP contribution in [0.15, 0.2) is 76.4 Å². The van der Waals surface area contributed by atoms with E-state index in [2.05, 4.69) is 6.92 Å². The first-order chi connectivity index (χ1) is 20.3. The molecule has 0 bridgehead atoms. The van der Waals surface area contributed by atoms with E-state index in [0.29, 0.717) is 39.8 Å². The molecule has 1 aliphatic rings. The van der Waals surface area contributed by atoms with Gasteiger partial charge in [-0.15, -0.1) is 0 Å². The summed E-state index contributed by atoms with van der Waals surface area (Å²) in [5.41, 5.74) is 3.79. The van der Waals surface area contributed by atoms with E-state index in [1.807, 2.05) is 50.2 Å². The van der Waals surface area contributed by atoms with Gasteiger partial charge in [0.25, 0.3) is 5.91 Å². The van der Waals surface area contributed by atoms with Crippen LogP contribution in [0.1, 0.15) is 53.1 Å².